The molecule has 17 heavy (non-hydrogen) atoms. The molecule has 1 radical (unpaired) electrons. The van der Waals surface area contributed by atoms with Crippen LogP contribution in [0.3, 0.4) is 0 Å². The van der Waals surface area contributed by atoms with E-state index in [2.05, 4.69) is 38.4 Å². The van der Waals surface area contributed by atoms with Gasteiger partial charge in [0.1, 0.15) is 12.1 Å². The normalized spacial score (nSPS) is 11.3. The summed E-state index contributed by atoms with van der Waals surface area (Å²) in [5, 5.41) is 16.0. The third-order valence-electron chi connectivity index (χ3n) is 1.03. The fourth-order valence-corrected chi connectivity index (χ4v) is 0.469. The van der Waals surface area contributed by atoms with Gasteiger partial charge in [0.2, 0.25) is 0 Å². The standard InChI is InChI=1S/2C3H7NO2S.C2H4.Re/c2*4-2(1-7)3(5)6;1-2;/h2*2,7H,1,4H2,(H,5,6);1-2H2;/t2*2-;;/m00../s1. The Kier molecular flexibility index (Phi) is 27.7. The zero-order valence-electron chi connectivity index (χ0n) is 9.12. The zero-order chi connectivity index (χ0) is 13.7. The maximum Gasteiger partial charge on any atom is 0.321 e. The Bertz CT molecular complexity index is 190. The number of carboxylic acids is 2. The molecule has 0 aromatic heterocycles. The molecule has 0 heterocycles. The first-order valence-electron chi connectivity index (χ1n) is 4.05. The summed E-state index contributed by atoms with van der Waals surface area (Å²) in [6.45, 7) is 6.00. The van der Waals surface area contributed by atoms with Crippen LogP contribution in [0, 0.1) is 0 Å². The van der Waals surface area contributed by atoms with E-state index >= 15 is 0 Å². The van der Waals surface area contributed by atoms with E-state index in [1.165, 1.54) is 0 Å². The second kappa shape index (κ2) is 18.3. The van der Waals surface area contributed by atoms with E-state index in [-0.39, 0.29) is 31.9 Å². The van der Waals surface area contributed by atoms with E-state index in [0.717, 1.165) is 0 Å². The van der Waals surface area contributed by atoms with Gasteiger partial charge in [-0.05, 0) is 0 Å². The van der Waals surface area contributed by atoms with E-state index in [0.29, 0.717) is 0 Å². The van der Waals surface area contributed by atoms with E-state index in [1.54, 1.807) is 0 Å². The maximum atomic E-state index is 9.76. The molecule has 0 aromatic rings. The number of carboxylic acid groups (broad SMARTS) is 2. The molecule has 2 atom stereocenters. The minimum atomic E-state index is -1.00. The first kappa shape index (κ1) is 25.7. The Hall–Kier alpha value is -0.0377. The molecule has 0 amide bonds. The average Bonchev–Trinajstić information content (AvgIpc) is 2.29. The Morgan fingerprint density at radius 1 is 1.00 bits per heavy atom. The molecule has 6 N–H and O–H groups in total. The number of thiol groups is 2. The largest absolute Gasteiger partial charge is 0.480 e. The molecule has 9 heteroatoms. The zero-order valence-corrected chi connectivity index (χ0v) is 13.6. The van der Waals surface area contributed by atoms with Crippen molar-refractivity contribution in [3.8, 4) is 0 Å². The number of carbonyl (C=O) groups is 2. The van der Waals surface area contributed by atoms with Crippen molar-refractivity contribution in [1.29, 1.82) is 0 Å². The van der Waals surface area contributed by atoms with Gasteiger partial charge in [0, 0.05) is 31.9 Å². The fraction of sp³-hybridized carbons (Fsp3) is 0.500. The summed E-state index contributed by atoms with van der Waals surface area (Å²) in [7, 11) is 0. The number of nitrogens with two attached hydrogens (primary N) is 2. The van der Waals surface area contributed by atoms with Gasteiger partial charge in [0.25, 0.3) is 0 Å². The van der Waals surface area contributed by atoms with Crippen molar-refractivity contribution in [2.45, 2.75) is 12.1 Å². The molecule has 0 bridgehead atoms. The first-order valence-corrected chi connectivity index (χ1v) is 5.31. The van der Waals surface area contributed by atoms with Crippen LogP contribution in [0.1, 0.15) is 0 Å². The van der Waals surface area contributed by atoms with Crippen LogP contribution in [0.15, 0.2) is 13.2 Å². The molecular weight excluding hydrogens is 438 g/mol. The molecule has 0 aromatic carbocycles. The second-order valence-electron chi connectivity index (χ2n) is 2.25. The van der Waals surface area contributed by atoms with Crippen LogP contribution >= 0.6 is 25.3 Å². The monoisotopic (exact) mass is 457 g/mol. The quantitative estimate of drug-likeness (QED) is 0.249. The molecule has 0 spiro atoms. The van der Waals surface area contributed by atoms with Crippen molar-refractivity contribution in [3.05, 3.63) is 13.2 Å². The maximum absolute atomic E-state index is 9.76. The van der Waals surface area contributed by atoms with Gasteiger partial charge >= 0.3 is 11.9 Å². The molecule has 6 nitrogen and oxygen atoms in total. The SMILES string of the molecule is C=C.N[C@@H](CS)C(=O)O.N[C@@H](CS)C(=O)O.[Re]. The Balaban J connectivity index is -0.0000000823. The van der Waals surface area contributed by atoms with Crippen LogP contribution in [0.5, 0.6) is 0 Å². The van der Waals surface area contributed by atoms with E-state index in [1.807, 2.05) is 0 Å². The van der Waals surface area contributed by atoms with E-state index < -0.39 is 24.0 Å². The summed E-state index contributed by atoms with van der Waals surface area (Å²) in [6, 6.07) is -1.63. The molecular formula is C8H18N2O4ReS2. The number of hydrogen-bond acceptors (Lipinski definition) is 6. The average molecular weight is 457 g/mol. The van der Waals surface area contributed by atoms with Crippen molar-refractivity contribution >= 4 is 37.2 Å². The van der Waals surface area contributed by atoms with Gasteiger partial charge in [0.15, 0.2) is 0 Å². The van der Waals surface area contributed by atoms with Crippen molar-refractivity contribution in [3.63, 3.8) is 0 Å². The molecule has 0 aliphatic heterocycles. The van der Waals surface area contributed by atoms with Gasteiger partial charge in [-0.2, -0.15) is 25.3 Å². The number of rotatable bonds is 4. The van der Waals surface area contributed by atoms with Gasteiger partial charge < -0.3 is 21.7 Å². The smallest absolute Gasteiger partial charge is 0.321 e. The molecule has 0 aliphatic carbocycles. The van der Waals surface area contributed by atoms with Crippen LogP contribution in [0.25, 0.3) is 0 Å². The second-order valence-corrected chi connectivity index (χ2v) is 2.98. The van der Waals surface area contributed by atoms with Crippen LogP contribution in [0.4, 0.5) is 0 Å². The van der Waals surface area contributed by atoms with Crippen molar-refractivity contribution in [2.24, 2.45) is 11.5 Å². The van der Waals surface area contributed by atoms with Gasteiger partial charge in [-0.15, -0.1) is 13.2 Å². The predicted molar refractivity (Wildman–Crippen MR) is 70.2 cm³/mol. The number of aliphatic carboxylic acids is 2. The Morgan fingerprint density at radius 3 is 1.18 bits per heavy atom. The van der Waals surface area contributed by atoms with E-state index in [9.17, 15) is 9.59 Å². The molecule has 0 saturated heterocycles. The van der Waals surface area contributed by atoms with Crippen LogP contribution in [-0.2, 0) is 30.0 Å². The molecule has 0 unspecified atom stereocenters. The van der Waals surface area contributed by atoms with Crippen LogP contribution in [0.2, 0.25) is 0 Å². The van der Waals surface area contributed by atoms with Crippen molar-refractivity contribution in [1.82, 2.24) is 0 Å². The molecule has 0 saturated carbocycles. The first-order chi connectivity index (χ1) is 7.36. The Morgan fingerprint density at radius 2 is 1.18 bits per heavy atom. The minimum absolute atomic E-state index is 0. The summed E-state index contributed by atoms with van der Waals surface area (Å²) in [5.74, 6) is -1.63. The molecule has 0 fully saturated rings. The van der Waals surface area contributed by atoms with E-state index in [4.69, 9.17) is 21.7 Å². The van der Waals surface area contributed by atoms with Crippen LogP contribution in [-0.4, -0.2) is 45.7 Å². The number of hydrogen-bond donors (Lipinski definition) is 6. The van der Waals surface area contributed by atoms with Crippen LogP contribution < -0.4 is 11.5 Å². The topological polar surface area (TPSA) is 127 Å². The summed E-state index contributed by atoms with van der Waals surface area (Å²) in [6.07, 6.45) is 0. The predicted octanol–water partition coefficient (Wildman–Crippen LogP) is -0.544. The van der Waals surface area contributed by atoms with Gasteiger partial charge in [-0.3, -0.25) is 9.59 Å². The third-order valence-corrected chi connectivity index (χ3v) is 1.81. The molecule has 103 valence electrons. The summed E-state index contributed by atoms with van der Waals surface area (Å²) in [5.41, 5.74) is 9.88. The van der Waals surface area contributed by atoms with Crippen molar-refractivity contribution in [2.75, 3.05) is 11.5 Å². The summed E-state index contributed by atoms with van der Waals surface area (Å²) in [4.78, 5) is 19.5. The fourth-order valence-electron chi connectivity index (χ4n) is 0.156. The summed E-state index contributed by atoms with van der Waals surface area (Å²) < 4.78 is 0. The van der Waals surface area contributed by atoms with Crippen molar-refractivity contribution < 1.29 is 40.2 Å². The minimum Gasteiger partial charge on any atom is -0.480 e. The van der Waals surface area contributed by atoms with Gasteiger partial charge in [-0.25, -0.2) is 0 Å². The third kappa shape index (κ3) is 21.7. The van der Waals surface area contributed by atoms with Gasteiger partial charge in [0.05, 0.1) is 0 Å². The Labute approximate surface area is 125 Å². The molecule has 0 aliphatic rings. The van der Waals surface area contributed by atoms with Gasteiger partial charge in [-0.1, -0.05) is 0 Å². The summed E-state index contributed by atoms with van der Waals surface area (Å²) >= 11 is 7.30. The molecule has 0 rings (SSSR count).